The number of allylic oxidation sites excluding steroid dienone is 2. The van der Waals surface area contributed by atoms with Crippen LogP contribution >= 0.6 is 0 Å². The normalized spacial score (nSPS) is 12.0. The van der Waals surface area contributed by atoms with E-state index in [0.717, 1.165) is 57.8 Å². The van der Waals surface area contributed by atoms with Gasteiger partial charge in [-0.15, -0.1) is 0 Å². The van der Waals surface area contributed by atoms with Gasteiger partial charge < -0.3 is 14.2 Å². The van der Waals surface area contributed by atoms with Crippen LogP contribution in [-0.2, 0) is 28.6 Å². The van der Waals surface area contributed by atoms with E-state index in [2.05, 4.69) is 32.9 Å². The van der Waals surface area contributed by atoms with Gasteiger partial charge in [-0.25, -0.2) is 0 Å². The minimum atomic E-state index is -0.759. The zero-order chi connectivity index (χ0) is 45.8. The van der Waals surface area contributed by atoms with Gasteiger partial charge in [-0.05, 0) is 44.9 Å². The van der Waals surface area contributed by atoms with Crippen LogP contribution in [0.25, 0.3) is 0 Å². The molecule has 0 radical (unpaired) electrons. The largest absolute Gasteiger partial charge is 0.462 e. The quantitative estimate of drug-likeness (QED) is 0.0262. The lowest BCUT2D eigenvalue weighted by molar-refractivity contribution is -0.167. The Morgan fingerprint density at radius 1 is 0.302 bits per heavy atom. The second kappa shape index (κ2) is 52.8. The van der Waals surface area contributed by atoms with Crippen molar-refractivity contribution in [1.82, 2.24) is 0 Å². The van der Waals surface area contributed by atoms with Crippen molar-refractivity contribution in [3.63, 3.8) is 0 Å². The van der Waals surface area contributed by atoms with Crippen LogP contribution in [0.2, 0.25) is 0 Å². The molecular weight excluding hydrogens is 781 g/mol. The topological polar surface area (TPSA) is 78.9 Å². The number of carbonyl (C=O) groups excluding carboxylic acids is 3. The highest BCUT2D eigenvalue weighted by Crippen LogP contribution is 2.17. The first-order valence-corrected chi connectivity index (χ1v) is 28.2. The number of hydrogen-bond acceptors (Lipinski definition) is 6. The van der Waals surface area contributed by atoms with E-state index in [0.29, 0.717) is 19.3 Å². The van der Waals surface area contributed by atoms with Gasteiger partial charge in [-0.3, -0.25) is 14.4 Å². The molecule has 0 spiro atoms. The molecule has 6 heteroatoms. The SMILES string of the molecule is CCCCCCCCCC/C=C\CCCCCCCCCCCCCCCCCCCCCC(=O)OCC(COC(=O)CCCCCCCCC)OC(=O)CCCCCCCCC. The van der Waals surface area contributed by atoms with Gasteiger partial charge in [0.2, 0.25) is 0 Å². The average Bonchev–Trinajstić information content (AvgIpc) is 3.28. The summed E-state index contributed by atoms with van der Waals surface area (Å²) in [6.07, 6.45) is 59.9. The molecular formula is C57H108O6. The van der Waals surface area contributed by atoms with Gasteiger partial charge >= 0.3 is 17.9 Å². The zero-order valence-electron chi connectivity index (χ0n) is 42.6. The third kappa shape index (κ3) is 51.0. The second-order valence-corrected chi connectivity index (χ2v) is 19.2. The highest BCUT2D eigenvalue weighted by molar-refractivity contribution is 5.71. The van der Waals surface area contributed by atoms with Crippen molar-refractivity contribution in [2.45, 2.75) is 322 Å². The molecule has 0 saturated carbocycles. The maximum Gasteiger partial charge on any atom is 0.306 e. The molecule has 0 aromatic rings. The van der Waals surface area contributed by atoms with Gasteiger partial charge in [-0.1, -0.05) is 264 Å². The molecule has 6 nitrogen and oxygen atoms in total. The first kappa shape index (κ1) is 61.1. The summed E-state index contributed by atoms with van der Waals surface area (Å²) < 4.78 is 16.7. The number of ether oxygens (including phenoxy) is 3. The van der Waals surface area contributed by atoms with E-state index in [-0.39, 0.29) is 31.1 Å². The molecule has 0 N–H and O–H groups in total. The summed E-state index contributed by atoms with van der Waals surface area (Å²) in [5.41, 5.74) is 0. The van der Waals surface area contributed by atoms with Gasteiger partial charge in [0, 0.05) is 19.3 Å². The van der Waals surface area contributed by atoms with Crippen molar-refractivity contribution in [1.29, 1.82) is 0 Å². The lowest BCUT2D eigenvalue weighted by atomic mass is 10.0. The van der Waals surface area contributed by atoms with E-state index in [1.54, 1.807) is 0 Å². The molecule has 0 aromatic carbocycles. The fraction of sp³-hybridized carbons (Fsp3) is 0.912. The van der Waals surface area contributed by atoms with Crippen LogP contribution in [-0.4, -0.2) is 37.2 Å². The molecule has 0 rings (SSSR count). The molecule has 63 heavy (non-hydrogen) atoms. The number of carbonyl (C=O) groups is 3. The van der Waals surface area contributed by atoms with E-state index in [9.17, 15) is 14.4 Å². The van der Waals surface area contributed by atoms with Gasteiger partial charge in [-0.2, -0.15) is 0 Å². The Labute approximate surface area is 392 Å². The fourth-order valence-corrected chi connectivity index (χ4v) is 8.50. The van der Waals surface area contributed by atoms with Crippen LogP contribution < -0.4 is 0 Å². The molecule has 0 heterocycles. The predicted octanol–water partition coefficient (Wildman–Crippen LogP) is 18.5. The molecule has 0 bridgehead atoms. The Hall–Kier alpha value is -1.85. The lowest BCUT2D eigenvalue weighted by Crippen LogP contribution is -2.30. The summed E-state index contributed by atoms with van der Waals surface area (Å²) in [6, 6.07) is 0. The number of esters is 3. The minimum absolute atomic E-state index is 0.0651. The van der Waals surface area contributed by atoms with Crippen LogP contribution in [0.5, 0.6) is 0 Å². The monoisotopic (exact) mass is 889 g/mol. The minimum Gasteiger partial charge on any atom is -0.462 e. The van der Waals surface area contributed by atoms with E-state index in [1.807, 2.05) is 0 Å². The Morgan fingerprint density at radius 2 is 0.524 bits per heavy atom. The fourth-order valence-electron chi connectivity index (χ4n) is 8.50. The van der Waals surface area contributed by atoms with E-state index < -0.39 is 6.10 Å². The summed E-state index contributed by atoms with van der Waals surface area (Å²) in [4.78, 5) is 37.6. The van der Waals surface area contributed by atoms with Crippen molar-refractivity contribution < 1.29 is 28.6 Å². The predicted molar refractivity (Wildman–Crippen MR) is 270 cm³/mol. The smallest absolute Gasteiger partial charge is 0.306 e. The first-order valence-electron chi connectivity index (χ1n) is 28.2. The maximum absolute atomic E-state index is 12.6. The zero-order valence-corrected chi connectivity index (χ0v) is 42.6. The Balaban J connectivity index is 3.82. The number of unbranched alkanes of at least 4 members (excludes halogenated alkanes) is 39. The Kier molecular flexibility index (Phi) is 51.2. The summed E-state index contributed by atoms with van der Waals surface area (Å²) >= 11 is 0. The van der Waals surface area contributed by atoms with Gasteiger partial charge in [0.1, 0.15) is 13.2 Å². The number of hydrogen-bond donors (Lipinski definition) is 0. The molecule has 1 unspecified atom stereocenters. The molecule has 0 aromatic heterocycles. The standard InChI is InChI=1S/C57H108O6/c1-4-7-10-13-16-17-18-19-20-21-22-23-24-25-26-27-28-29-30-31-32-33-34-35-36-37-38-39-42-44-47-50-56(59)62-53-54(63-57(60)51-48-45-41-15-12-9-6-3)52-61-55(58)49-46-43-40-14-11-8-5-2/h21-22,54H,4-20,23-53H2,1-3H3/b22-21-. The highest BCUT2D eigenvalue weighted by atomic mass is 16.6. The van der Waals surface area contributed by atoms with Crippen molar-refractivity contribution in [3.8, 4) is 0 Å². The third-order valence-electron chi connectivity index (χ3n) is 12.8. The van der Waals surface area contributed by atoms with Gasteiger partial charge in [0.05, 0.1) is 0 Å². The molecule has 0 saturated heterocycles. The summed E-state index contributed by atoms with van der Waals surface area (Å²) in [7, 11) is 0. The van der Waals surface area contributed by atoms with Gasteiger partial charge in [0.15, 0.2) is 6.10 Å². The summed E-state index contributed by atoms with van der Waals surface area (Å²) in [6.45, 7) is 6.58. The first-order chi connectivity index (χ1) is 31.0. The molecule has 1 atom stereocenters. The van der Waals surface area contributed by atoms with Crippen molar-refractivity contribution in [2.24, 2.45) is 0 Å². The highest BCUT2D eigenvalue weighted by Gasteiger charge is 2.19. The van der Waals surface area contributed by atoms with E-state index in [4.69, 9.17) is 14.2 Å². The van der Waals surface area contributed by atoms with Crippen LogP contribution in [0.3, 0.4) is 0 Å². The Bertz CT molecular complexity index is 978. The molecule has 0 amide bonds. The lowest BCUT2D eigenvalue weighted by Gasteiger charge is -2.18. The van der Waals surface area contributed by atoms with Crippen LogP contribution in [0.1, 0.15) is 316 Å². The van der Waals surface area contributed by atoms with Crippen molar-refractivity contribution in [3.05, 3.63) is 12.2 Å². The molecule has 0 aliphatic heterocycles. The van der Waals surface area contributed by atoms with Crippen molar-refractivity contribution in [2.75, 3.05) is 13.2 Å². The summed E-state index contributed by atoms with van der Waals surface area (Å²) in [5, 5.41) is 0. The van der Waals surface area contributed by atoms with E-state index in [1.165, 1.54) is 218 Å². The van der Waals surface area contributed by atoms with Crippen LogP contribution in [0.15, 0.2) is 12.2 Å². The van der Waals surface area contributed by atoms with Crippen LogP contribution in [0, 0.1) is 0 Å². The number of rotatable bonds is 52. The maximum atomic E-state index is 12.6. The Morgan fingerprint density at radius 3 is 0.794 bits per heavy atom. The molecule has 372 valence electrons. The van der Waals surface area contributed by atoms with E-state index >= 15 is 0 Å². The average molecular weight is 889 g/mol. The summed E-state index contributed by atoms with van der Waals surface area (Å²) in [5.74, 6) is -0.864. The molecule has 0 aliphatic carbocycles. The van der Waals surface area contributed by atoms with Crippen LogP contribution in [0.4, 0.5) is 0 Å². The second-order valence-electron chi connectivity index (χ2n) is 19.2. The third-order valence-corrected chi connectivity index (χ3v) is 12.8. The molecule has 0 aliphatic rings. The van der Waals surface area contributed by atoms with Gasteiger partial charge in [0.25, 0.3) is 0 Å². The van der Waals surface area contributed by atoms with Crippen molar-refractivity contribution >= 4 is 17.9 Å². The molecule has 0 fully saturated rings.